The molecule has 1 amide bonds. The van der Waals surface area contributed by atoms with Gasteiger partial charge >= 0.3 is 0 Å². The minimum absolute atomic E-state index is 0.233. The average molecular weight is 373 g/mol. The van der Waals surface area contributed by atoms with E-state index in [0.29, 0.717) is 21.7 Å². The van der Waals surface area contributed by atoms with Gasteiger partial charge in [0, 0.05) is 17.6 Å². The fourth-order valence-electron chi connectivity index (χ4n) is 2.17. The molecule has 0 spiro atoms. The summed E-state index contributed by atoms with van der Waals surface area (Å²) < 4.78 is 0. The Hall–Kier alpha value is -2.63. The molecule has 0 saturated carbocycles. The molecule has 0 aliphatic carbocycles. The molecule has 25 heavy (non-hydrogen) atoms. The van der Waals surface area contributed by atoms with Crippen LogP contribution in [0, 0.1) is 6.92 Å². The number of halogens is 2. The highest BCUT2D eigenvalue weighted by Crippen LogP contribution is 2.25. The van der Waals surface area contributed by atoms with E-state index in [9.17, 15) is 4.79 Å². The second kappa shape index (κ2) is 7.51. The first-order chi connectivity index (χ1) is 12.0. The maximum atomic E-state index is 12.4. The number of hydrogen-bond donors (Lipinski definition) is 2. The molecule has 3 rings (SSSR count). The maximum Gasteiger partial charge on any atom is 0.274 e. The van der Waals surface area contributed by atoms with Gasteiger partial charge < -0.3 is 10.6 Å². The Morgan fingerprint density at radius 2 is 1.84 bits per heavy atom. The van der Waals surface area contributed by atoms with E-state index in [1.54, 1.807) is 18.2 Å². The molecule has 5 nitrogen and oxygen atoms in total. The molecule has 126 valence electrons. The molecular weight excluding hydrogens is 359 g/mol. The Kier molecular flexibility index (Phi) is 5.16. The number of amides is 1. The molecule has 7 heteroatoms. The topological polar surface area (TPSA) is 66.9 Å². The molecule has 0 atom stereocenters. The normalized spacial score (nSPS) is 10.4. The monoisotopic (exact) mass is 372 g/mol. The third-order valence-electron chi connectivity index (χ3n) is 3.34. The fourth-order valence-corrected chi connectivity index (χ4v) is 2.46. The van der Waals surface area contributed by atoms with E-state index in [4.69, 9.17) is 23.2 Å². The quantitative estimate of drug-likeness (QED) is 0.669. The van der Waals surface area contributed by atoms with Crippen LogP contribution in [-0.2, 0) is 0 Å². The lowest BCUT2D eigenvalue weighted by Gasteiger charge is -2.08. The Morgan fingerprint density at radius 3 is 2.60 bits per heavy atom. The summed E-state index contributed by atoms with van der Waals surface area (Å²) in [5.41, 5.74) is 2.72. The number of nitrogens with one attached hydrogen (secondary N) is 2. The van der Waals surface area contributed by atoms with Crippen molar-refractivity contribution in [3.05, 3.63) is 76.0 Å². The molecular formula is C18H14Cl2N4O. The largest absolute Gasteiger partial charge is 0.324 e. The number of carbonyl (C=O) groups excluding carboxylic acids is 1. The molecule has 0 radical (unpaired) electrons. The predicted octanol–water partition coefficient (Wildman–Crippen LogP) is 5.09. The van der Waals surface area contributed by atoms with Gasteiger partial charge in [0.05, 0.1) is 10.0 Å². The van der Waals surface area contributed by atoms with E-state index >= 15 is 0 Å². The molecule has 2 aromatic carbocycles. The van der Waals surface area contributed by atoms with Crippen LogP contribution in [0.3, 0.4) is 0 Å². The zero-order valence-corrected chi connectivity index (χ0v) is 14.8. The van der Waals surface area contributed by atoms with Crippen molar-refractivity contribution < 1.29 is 4.79 Å². The van der Waals surface area contributed by atoms with Gasteiger partial charge in [-0.05, 0) is 48.9 Å². The summed E-state index contributed by atoms with van der Waals surface area (Å²) in [5, 5.41) is 6.59. The second-order valence-corrected chi connectivity index (χ2v) is 6.16. The van der Waals surface area contributed by atoms with Crippen molar-refractivity contribution in [2.45, 2.75) is 6.92 Å². The standard InChI is InChI=1S/C18H14Cl2N4O/c1-11-3-2-4-12(9-11)23-18-21-8-7-16(24-18)17(25)22-13-5-6-14(19)15(20)10-13/h2-10H,1H3,(H,22,25)(H,21,23,24). The first-order valence-corrected chi connectivity index (χ1v) is 8.20. The van der Waals surface area contributed by atoms with Gasteiger partial charge in [-0.1, -0.05) is 35.3 Å². The van der Waals surface area contributed by atoms with E-state index in [1.807, 2.05) is 31.2 Å². The summed E-state index contributed by atoms with van der Waals surface area (Å²) in [6.07, 6.45) is 1.52. The smallest absolute Gasteiger partial charge is 0.274 e. The van der Waals surface area contributed by atoms with Crippen LogP contribution in [0.5, 0.6) is 0 Å². The highest BCUT2D eigenvalue weighted by atomic mass is 35.5. The summed E-state index contributed by atoms with van der Waals surface area (Å²) >= 11 is 11.8. The molecule has 0 aliphatic rings. The predicted molar refractivity (Wildman–Crippen MR) is 101 cm³/mol. The van der Waals surface area contributed by atoms with E-state index in [-0.39, 0.29) is 11.6 Å². The molecule has 0 unspecified atom stereocenters. The lowest BCUT2D eigenvalue weighted by atomic mass is 10.2. The van der Waals surface area contributed by atoms with E-state index in [2.05, 4.69) is 20.6 Å². The zero-order chi connectivity index (χ0) is 17.8. The number of rotatable bonds is 4. The Labute approximate surface area is 155 Å². The molecule has 1 heterocycles. The van der Waals surface area contributed by atoms with Gasteiger partial charge in [0.2, 0.25) is 5.95 Å². The van der Waals surface area contributed by atoms with Crippen molar-refractivity contribution in [1.82, 2.24) is 9.97 Å². The lowest BCUT2D eigenvalue weighted by Crippen LogP contribution is -2.14. The highest BCUT2D eigenvalue weighted by Gasteiger charge is 2.10. The van der Waals surface area contributed by atoms with E-state index < -0.39 is 0 Å². The highest BCUT2D eigenvalue weighted by molar-refractivity contribution is 6.42. The molecule has 0 bridgehead atoms. The number of nitrogens with zero attached hydrogens (tertiary/aromatic N) is 2. The number of carbonyl (C=O) groups is 1. The molecule has 0 saturated heterocycles. The van der Waals surface area contributed by atoms with E-state index in [1.165, 1.54) is 12.3 Å². The van der Waals surface area contributed by atoms with Gasteiger partial charge in [-0.25, -0.2) is 9.97 Å². The van der Waals surface area contributed by atoms with Gasteiger partial charge in [-0.2, -0.15) is 0 Å². The summed E-state index contributed by atoms with van der Waals surface area (Å²) in [4.78, 5) is 20.7. The molecule has 1 aromatic heterocycles. The number of anilines is 3. The van der Waals surface area contributed by atoms with Crippen molar-refractivity contribution in [2.75, 3.05) is 10.6 Å². The zero-order valence-electron chi connectivity index (χ0n) is 13.3. The van der Waals surface area contributed by atoms with Crippen LogP contribution >= 0.6 is 23.2 Å². The Bertz CT molecular complexity index is 930. The Morgan fingerprint density at radius 1 is 1.00 bits per heavy atom. The third kappa shape index (κ3) is 4.47. The van der Waals surface area contributed by atoms with Crippen molar-refractivity contribution in [3.8, 4) is 0 Å². The van der Waals surface area contributed by atoms with Gasteiger partial charge in [-0.3, -0.25) is 4.79 Å². The third-order valence-corrected chi connectivity index (χ3v) is 4.08. The van der Waals surface area contributed by atoms with Gasteiger partial charge in [-0.15, -0.1) is 0 Å². The summed E-state index contributed by atoms with van der Waals surface area (Å²) in [7, 11) is 0. The van der Waals surface area contributed by atoms with Crippen LogP contribution in [0.2, 0.25) is 10.0 Å². The van der Waals surface area contributed by atoms with Gasteiger partial charge in [0.25, 0.3) is 5.91 Å². The van der Waals surface area contributed by atoms with Gasteiger partial charge in [0.15, 0.2) is 0 Å². The van der Waals surface area contributed by atoms with Crippen molar-refractivity contribution in [1.29, 1.82) is 0 Å². The number of benzene rings is 2. The fraction of sp³-hybridized carbons (Fsp3) is 0.0556. The van der Waals surface area contributed by atoms with Gasteiger partial charge in [0.1, 0.15) is 5.69 Å². The SMILES string of the molecule is Cc1cccc(Nc2nccc(C(=O)Nc3ccc(Cl)c(Cl)c3)n2)c1. The Balaban J connectivity index is 1.76. The summed E-state index contributed by atoms with van der Waals surface area (Å²) in [5.74, 6) is -0.0273. The number of aryl methyl sites for hydroxylation is 1. The number of hydrogen-bond acceptors (Lipinski definition) is 4. The van der Waals surface area contributed by atoms with Crippen molar-refractivity contribution in [3.63, 3.8) is 0 Å². The second-order valence-electron chi connectivity index (χ2n) is 5.34. The van der Waals surface area contributed by atoms with Crippen LogP contribution in [0.25, 0.3) is 0 Å². The van der Waals surface area contributed by atoms with Crippen LogP contribution < -0.4 is 10.6 Å². The molecule has 0 fully saturated rings. The molecule has 2 N–H and O–H groups in total. The number of aromatic nitrogens is 2. The maximum absolute atomic E-state index is 12.4. The molecule has 3 aromatic rings. The van der Waals surface area contributed by atoms with Crippen molar-refractivity contribution >= 4 is 46.4 Å². The van der Waals surface area contributed by atoms with Crippen LogP contribution in [0.4, 0.5) is 17.3 Å². The summed E-state index contributed by atoms with van der Waals surface area (Å²) in [6, 6.07) is 14.2. The van der Waals surface area contributed by atoms with Crippen molar-refractivity contribution in [2.24, 2.45) is 0 Å². The lowest BCUT2D eigenvalue weighted by molar-refractivity contribution is 0.102. The van der Waals surface area contributed by atoms with Crippen LogP contribution in [-0.4, -0.2) is 15.9 Å². The minimum Gasteiger partial charge on any atom is -0.324 e. The first-order valence-electron chi connectivity index (χ1n) is 7.44. The minimum atomic E-state index is -0.368. The molecule has 0 aliphatic heterocycles. The van der Waals surface area contributed by atoms with Crippen LogP contribution in [0.15, 0.2) is 54.7 Å². The first kappa shape index (κ1) is 17.2. The van der Waals surface area contributed by atoms with Crippen LogP contribution in [0.1, 0.15) is 16.1 Å². The average Bonchev–Trinajstić information content (AvgIpc) is 2.58. The summed E-state index contributed by atoms with van der Waals surface area (Å²) in [6.45, 7) is 1.99. The van der Waals surface area contributed by atoms with E-state index in [0.717, 1.165) is 11.3 Å².